The van der Waals surface area contributed by atoms with Crippen molar-refractivity contribution >= 4 is 11.8 Å². The predicted octanol–water partition coefficient (Wildman–Crippen LogP) is 5.12. The lowest BCUT2D eigenvalue weighted by molar-refractivity contribution is 0.303. The molecule has 0 bridgehead atoms. The van der Waals surface area contributed by atoms with E-state index in [2.05, 4.69) is 50.4 Å². The van der Waals surface area contributed by atoms with E-state index >= 15 is 0 Å². The Morgan fingerprint density at radius 1 is 0.882 bits per heavy atom. The quantitative estimate of drug-likeness (QED) is 0.507. The van der Waals surface area contributed by atoms with E-state index in [9.17, 15) is 0 Å². The Morgan fingerprint density at radius 3 is 2.56 bits per heavy atom. The van der Waals surface area contributed by atoms with Crippen molar-refractivity contribution in [2.45, 2.75) is 51.3 Å². The van der Waals surface area contributed by atoms with Crippen molar-refractivity contribution < 1.29 is 4.74 Å². The van der Waals surface area contributed by atoms with Gasteiger partial charge in [-0.15, -0.1) is 0 Å². The molecule has 0 spiro atoms. The van der Waals surface area contributed by atoms with Crippen molar-refractivity contribution in [3.63, 3.8) is 0 Å². The number of nitrogens with one attached hydrogen (secondary N) is 1. The Bertz CT molecular complexity index is 1040. The molecule has 1 aromatic heterocycles. The van der Waals surface area contributed by atoms with Crippen LogP contribution in [0.4, 0.5) is 11.8 Å². The Balaban J connectivity index is 1.13. The third-order valence-electron chi connectivity index (χ3n) is 6.73. The van der Waals surface area contributed by atoms with E-state index < -0.39 is 0 Å². The van der Waals surface area contributed by atoms with Crippen molar-refractivity contribution in [1.82, 2.24) is 14.9 Å². The maximum atomic E-state index is 6.01. The number of aromatic nitrogens is 2. The van der Waals surface area contributed by atoms with E-state index in [0.29, 0.717) is 12.6 Å². The smallest absolute Gasteiger partial charge is 0.224 e. The van der Waals surface area contributed by atoms with E-state index in [0.717, 1.165) is 56.7 Å². The molecule has 2 aliphatic heterocycles. The molecule has 0 radical (unpaired) electrons. The number of rotatable bonds is 8. The number of ether oxygens (including phenoxy) is 1. The molecule has 178 valence electrons. The van der Waals surface area contributed by atoms with Crippen molar-refractivity contribution in [2.24, 2.45) is 0 Å². The van der Waals surface area contributed by atoms with Crippen LogP contribution in [0.15, 0.2) is 66.9 Å². The lowest BCUT2D eigenvalue weighted by Gasteiger charge is -2.22. The van der Waals surface area contributed by atoms with Crippen molar-refractivity contribution in [3.8, 4) is 5.75 Å². The minimum absolute atomic E-state index is 0.372. The van der Waals surface area contributed by atoms with Gasteiger partial charge in [0, 0.05) is 45.0 Å². The van der Waals surface area contributed by atoms with Crippen molar-refractivity contribution in [1.29, 1.82) is 0 Å². The fourth-order valence-electron chi connectivity index (χ4n) is 4.90. The molecule has 1 N–H and O–H groups in total. The minimum atomic E-state index is 0.372. The predicted molar refractivity (Wildman–Crippen MR) is 137 cm³/mol. The number of hydrogen-bond acceptors (Lipinski definition) is 6. The van der Waals surface area contributed by atoms with Crippen LogP contribution in [-0.2, 0) is 13.2 Å². The summed E-state index contributed by atoms with van der Waals surface area (Å²) in [5.41, 5.74) is 2.47. The van der Waals surface area contributed by atoms with Gasteiger partial charge in [-0.05, 0) is 48.6 Å². The average Bonchev–Trinajstić information content (AvgIpc) is 3.13. The monoisotopic (exact) mass is 457 g/mol. The lowest BCUT2D eigenvalue weighted by Crippen LogP contribution is -2.28. The summed E-state index contributed by atoms with van der Waals surface area (Å²) in [7, 11) is 0. The van der Waals surface area contributed by atoms with Crippen molar-refractivity contribution in [3.05, 3.63) is 78.0 Å². The van der Waals surface area contributed by atoms with E-state index in [1.54, 1.807) is 0 Å². The number of nitrogens with zero attached hydrogens (tertiary/aromatic N) is 4. The van der Waals surface area contributed by atoms with Gasteiger partial charge in [-0.3, -0.25) is 4.90 Å². The lowest BCUT2D eigenvalue weighted by atomic mass is 10.2. The Kier molecular flexibility index (Phi) is 7.56. The van der Waals surface area contributed by atoms with Crippen LogP contribution < -0.4 is 15.0 Å². The molecule has 1 atom stereocenters. The van der Waals surface area contributed by atoms with Crippen LogP contribution in [0.1, 0.15) is 43.2 Å². The number of benzene rings is 2. The van der Waals surface area contributed by atoms with Gasteiger partial charge in [0.05, 0.1) is 0 Å². The summed E-state index contributed by atoms with van der Waals surface area (Å²) in [5, 5.41) is 3.59. The highest BCUT2D eigenvalue weighted by Gasteiger charge is 2.23. The second kappa shape index (κ2) is 11.3. The van der Waals surface area contributed by atoms with Gasteiger partial charge in [0.1, 0.15) is 18.2 Å². The normalized spacial score (nSPS) is 19.1. The van der Waals surface area contributed by atoms with Crippen LogP contribution in [0.25, 0.3) is 0 Å². The van der Waals surface area contributed by atoms with Crippen LogP contribution >= 0.6 is 0 Å². The molecular weight excluding hydrogens is 422 g/mol. The van der Waals surface area contributed by atoms with Gasteiger partial charge in [0.2, 0.25) is 5.95 Å². The maximum absolute atomic E-state index is 6.01. The summed E-state index contributed by atoms with van der Waals surface area (Å²) in [4.78, 5) is 14.2. The Hall–Kier alpha value is -3.12. The molecule has 3 heterocycles. The second-order valence-electron chi connectivity index (χ2n) is 9.43. The first-order valence-corrected chi connectivity index (χ1v) is 12.6. The first kappa shape index (κ1) is 22.7. The zero-order chi connectivity index (χ0) is 23.0. The third kappa shape index (κ3) is 6.26. The standard InChI is InChI=1S/C28H35N5O/c1-2-7-17-33(16-6-1)27-13-15-29-28(31-27)30-25-14-18-32(21-25)20-24-11-8-12-26(19-24)34-22-23-9-4-3-5-10-23/h3-5,8-13,15,19,25H,1-2,6-7,14,16-18,20-22H2,(H,29,30,31). The summed E-state index contributed by atoms with van der Waals surface area (Å²) in [5.74, 6) is 2.74. The van der Waals surface area contributed by atoms with Crippen LogP contribution in [-0.4, -0.2) is 47.1 Å². The zero-order valence-corrected chi connectivity index (χ0v) is 19.9. The summed E-state index contributed by atoms with van der Waals surface area (Å²) in [6, 6.07) is 21.2. The van der Waals surface area contributed by atoms with Gasteiger partial charge in [-0.25, -0.2) is 4.98 Å². The van der Waals surface area contributed by atoms with Gasteiger partial charge < -0.3 is 15.0 Å². The van der Waals surface area contributed by atoms with Gasteiger partial charge in [0.25, 0.3) is 0 Å². The van der Waals surface area contributed by atoms with Gasteiger partial charge in [-0.1, -0.05) is 55.3 Å². The van der Waals surface area contributed by atoms with E-state index in [1.165, 1.54) is 36.8 Å². The molecule has 3 aromatic rings. The number of anilines is 2. The van der Waals surface area contributed by atoms with Crippen LogP contribution in [0, 0.1) is 0 Å². The van der Waals surface area contributed by atoms with Crippen LogP contribution in [0.3, 0.4) is 0 Å². The van der Waals surface area contributed by atoms with E-state index in [1.807, 2.05) is 36.5 Å². The summed E-state index contributed by atoms with van der Waals surface area (Å²) in [6.07, 6.45) is 8.15. The molecule has 6 nitrogen and oxygen atoms in total. The molecule has 2 aliphatic rings. The average molecular weight is 458 g/mol. The van der Waals surface area contributed by atoms with Gasteiger partial charge in [-0.2, -0.15) is 4.98 Å². The molecular formula is C28H35N5O. The first-order valence-electron chi connectivity index (χ1n) is 12.6. The van der Waals surface area contributed by atoms with E-state index in [4.69, 9.17) is 9.72 Å². The topological polar surface area (TPSA) is 53.5 Å². The fourth-order valence-corrected chi connectivity index (χ4v) is 4.90. The number of likely N-dealkylation sites (tertiary alicyclic amines) is 1. The molecule has 34 heavy (non-hydrogen) atoms. The summed E-state index contributed by atoms with van der Waals surface area (Å²) < 4.78 is 6.01. The SMILES string of the molecule is c1ccc(COc2cccc(CN3CCC(Nc4nccc(N5CCCCCC5)n4)C3)c2)cc1. The van der Waals surface area contributed by atoms with Crippen LogP contribution in [0.2, 0.25) is 0 Å². The highest BCUT2D eigenvalue weighted by atomic mass is 16.5. The molecule has 2 saturated heterocycles. The maximum Gasteiger partial charge on any atom is 0.224 e. The Morgan fingerprint density at radius 2 is 1.71 bits per heavy atom. The number of hydrogen-bond donors (Lipinski definition) is 1. The molecule has 1 unspecified atom stereocenters. The van der Waals surface area contributed by atoms with Gasteiger partial charge in [0.15, 0.2) is 0 Å². The highest BCUT2D eigenvalue weighted by molar-refractivity contribution is 5.43. The molecule has 6 heteroatoms. The molecule has 2 fully saturated rings. The largest absolute Gasteiger partial charge is 0.489 e. The molecule has 5 rings (SSSR count). The molecule has 0 saturated carbocycles. The van der Waals surface area contributed by atoms with Gasteiger partial charge >= 0.3 is 0 Å². The minimum Gasteiger partial charge on any atom is -0.489 e. The van der Waals surface area contributed by atoms with Crippen LogP contribution in [0.5, 0.6) is 5.75 Å². The zero-order valence-electron chi connectivity index (χ0n) is 19.9. The summed E-state index contributed by atoms with van der Waals surface area (Å²) >= 11 is 0. The molecule has 0 amide bonds. The second-order valence-corrected chi connectivity index (χ2v) is 9.43. The first-order chi connectivity index (χ1) is 16.8. The van der Waals surface area contributed by atoms with Crippen molar-refractivity contribution in [2.75, 3.05) is 36.4 Å². The summed E-state index contributed by atoms with van der Waals surface area (Å²) in [6.45, 7) is 5.78. The Labute approximate surface area is 203 Å². The third-order valence-corrected chi connectivity index (χ3v) is 6.73. The fraction of sp³-hybridized carbons (Fsp3) is 0.429. The molecule has 0 aliphatic carbocycles. The molecule has 2 aromatic carbocycles. The van der Waals surface area contributed by atoms with E-state index in [-0.39, 0.29) is 0 Å². The highest BCUT2D eigenvalue weighted by Crippen LogP contribution is 2.22.